The van der Waals surface area contributed by atoms with Gasteiger partial charge in [0.25, 0.3) is 11.8 Å². The van der Waals surface area contributed by atoms with Gasteiger partial charge in [0.2, 0.25) is 0 Å². The van der Waals surface area contributed by atoms with Crippen LogP contribution in [0.1, 0.15) is 28.4 Å². The van der Waals surface area contributed by atoms with Gasteiger partial charge in [0.15, 0.2) is 0 Å². The summed E-state index contributed by atoms with van der Waals surface area (Å²) in [5, 5.41) is 2.53. The maximum Gasteiger partial charge on any atom is 0.276 e. The third-order valence-corrected chi connectivity index (χ3v) is 4.33. The second-order valence-corrected chi connectivity index (χ2v) is 6.36. The highest BCUT2D eigenvalue weighted by molar-refractivity contribution is 5.94. The normalized spacial score (nSPS) is 11.7. The van der Waals surface area contributed by atoms with Gasteiger partial charge in [-0.05, 0) is 24.3 Å². The standard InChI is InChI=1S/C19H17F4N3O2/c1-19(22,23)16-12(20)6-10(7-13(16)21)18(27)24-8-11-15(28-3)5-4-14-17(11)26(2)9-25-14/h4-7,9H,8H2,1-3H3,(H,24,27). The Morgan fingerprint density at radius 3 is 2.46 bits per heavy atom. The van der Waals surface area contributed by atoms with Crippen molar-refractivity contribution in [2.75, 3.05) is 7.11 Å². The summed E-state index contributed by atoms with van der Waals surface area (Å²) in [6.07, 6.45) is 1.60. The van der Waals surface area contributed by atoms with E-state index >= 15 is 0 Å². The summed E-state index contributed by atoms with van der Waals surface area (Å²) in [4.78, 5) is 16.6. The zero-order valence-corrected chi connectivity index (χ0v) is 15.3. The topological polar surface area (TPSA) is 56.1 Å². The molecule has 0 unspecified atom stereocenters. The summed E-state index contributed by atoms with van der Waals surface area (Å²) in [6.45, 7) is 0.364. The largest absolute Gasteiger partial charge is 0.496 e. The molecule has 0 fully saturated rings. The molecule has 0 saturated heterocycles. The van der Waals surface area contributed by atoms with Crippen LogP contribution in [0.2, 0.25) is 0 Å². The van der Waals surface area contributed by atoms with Gasteiger partial charge < -0.3 is 14.6 Å². The number of ether oxygens (including phenoxy) is 1. The number of carbonyl (C=O) groups excluding carboxylic acids is 1. The molecule has 0 bridgehead atoms. The second kappa shape index (κ2) is 7.14. The molecule has 1 N–H and O–H groups in total. The van der Waals surface area contributed by atoms with E-state index in [2.05, 4.69) is 10.3 Å². The zero-order chi connectivity index (χ0) is 20.6. The van der Waals surface area contributed by atoms with Crippen molar-refractivity contribution in [2.45, 2.75) is 19.4 Å². The predicted octanol–water partition coefficient (Wildman–Crippen LogP) is 3.90. The Labute approximate surface area is 157 Å². The number of aryl methyl sites for hydroxylation is 1. The summed E-state index contributed by atoms with van der Waals surface area (Å²) < 4.78 is 61.6. The van der Waals surface area contributed by atoms with Crippen LogP contribution in [0.4, 0.5) is 17.6 Å². The van der Waals surface area contributed by atoms with Crippen LogP contribution in [0.3, 0.4) is 0 Å². The van der Waals surface area contributed by atoms with Crippen LogP contribution in [-0.2, 0) is 19.5 Å². The minimum Gasteiger partial charge on any atom is -0.496 e. The first kappa shape index (κ1) is 19.7. The van der Waals surface area contributed by atoms with Gasteiger partial charge in [0.1, 0.15) is 17.4 Å². The smallest absolute Gasteiger partial charge is 0.276 e. The third-order valence-electron chi connectivity index (χ3n) is 4.33. The molecule has 0 atom stereocenters. The summed E-state index contributed by atoms with van der Waals surface area (Å²) in [5.74, 6) is -6.99. The lowest BCUT2D eigenvalue weighted by molar-refractivity contribution is 0.00977. The Hall–Kier alpha value is -3.10. The van der Waals surface area contributed by atoms with Crippen molar-refractivity contribution in [2.24, 2.45) is 7.05 Å². The Bertz CT molecular complexity index is 1030. The van der Waals surface area contributed by atoms with E-state index in [0.717, 1.165) is 5.52 Å². The van der Waals surface area contributed by atoms with Crippen molar-refractivity contribution in [3.05, 3.63) is 58.9 Å². The van der Waals surface area contributed by atoms with E-state index in [1.54, 1.807) is 30.1 Å². The molecule has 9 heteroatoms. The number of imidazole rings is 1. The van der Waals surface area contributed by atoms with Crippen molar-refractivity contribution >= 4 is 16.9 Å². The minimum atomic E-state index is -3.70. The molecule has 1 amide bonds. The van der Waals surface area contributed by atoms with Crippen LogP contribution < -0.4 is 10.1 Å². The first-order valence-electron chi connectivity index (χ1n) is 8.26. The molecule has 0 aliphatic carbocycles. The molecule has 148 valence electrons. The molecule has 0 spiro atoms. The number of fused-ring (bicyclic) bond motifs is 1. The number of nitrogens with one attached hydrogen (secondary N) is 1. The number of rotatable bonds is 5. The summed E-state index contributed by atoms with van der Waals surface area (Å²) >= 11 is 0. The van der Waals surface area contributed by atoms with Crippen LogP contribution in [0, 0.1) is 11.6 Å². The second-order valence-electron chi connectivity index (χ2n) is 6.36. The summed E-state index contributed by atoms with van der Waals surface area (Å²) in [6, 6.07) is 4.63. The van der Waals surface area contributed by atoms with Crippen LogP contribution in [0.25, 0.3) is 11.0 Å². The number of hydrogen-bond acceptors (Lipinski definition) is 3. The molecule has 0 saturated carbocycles. The van der Waals surface area contributed by atoms with Gasteiger partial charge in [-0.3, -0.25) is 4.79 Å². The van der Waals surface area contributed by atoms with Crippen LogP contribution >= 0.6 is 0 Å². The zero-order valence-electron chi connectivity index (χ0n) is 15.3. The first-order chi connectivity index (χ1) is 13.1. The molecule has 2 aromatic carbocycles. The first-order valence-corrected chi connectivity index (χ1v) is 8.26. The van der Waals surface area contributed by atoms with Crippen molar-refractivity contribution in [1.82, 2.24) is 14.9 Å². The fourth-order valence-corrected chi connectivity index (χ4v) is 3.07. The van der Waals surface area contributed by atoms with Crippen molar-refractivity contribution in [3.63, 3.8) is 0 Å². The molecule has 3 aromatic rings. The van der Waals surface area contributed by atoms with Gasteiger partial charge in [-0.25, -0.2) is 22.5 Å². The molecule has 5 nitrogen and oxygen atoms in total. The molecule has 1 heterocycles. The quantitative estimate of drug-likeness (QED) is 0.667. The highest BCUT2D eigenvalue weighted by Gasteiger charge is 2.33. The van der Waals surface area contributed by atoms with Crippen LogP contribution in [0.5, 0.6) is 5.75 Å². The number of hydrogen-bond donors (Lipinski definition) is 1. The Kier molecular flexibility index (Phi) is 5.01. The van der Waals surface area contributed by atoms with Crippen LogP contribution in [-0.4, -0.2) is 22.6 Å². The average Bonchev–Trinajstić information content (AvgIpc) is 2.98. The SMILES string of the molecule is COc1ccc2ncn(C)c2c1CNC(=O)c1cc(F)c(C(C)(F)F)c(F)c1. The van der Waals surface area contributed by atoms with E-state index in [-0.39, 0.29) is 6.54 Å². The van der Waals surface area contributed by atoms with Crippen LogP contribution in [0.15, 0.2) is 30.6 Å². The monoisotopic (exact) mass is 395 g/mol. The number of aromatic nitrogens is 2. The number of halogens is 4. The predicted molar refractivity (Wildman–Crippen MR) is 94.4 cm³/mol. The van der Waals surface area contributed by atoms with Crippen molar-refractivity contribution in [1.29, 1.82) is 0 Å². The lowest BCUT2D eigenvalue weighted by atomic mass is 10.0. The Balaban J connectivity index is 1.90. The highest BCUT2D eigenvalue weighted by Crippen LogP contribution is 2.32. The fraction of sp³-hybridized carbons (Fsp3) is 0.263. The van der Waals surface area contributed by atoms with Gasteiger partial charge in [0.05, 0.1) is 30.0 Å². The van der Waals surface area contributed by atoms with E-state index < -0.39 is 34.6 Å². The number of carbonyl (C=O) groups is 1. The van der Waals surface area contributed by atoms with Crippen molar-refractivity contribution < 1.29 is 27.1 Å². The van der Waals surface area contributed by atoms with E-state index in [9.17, 15) is 22.4 Å². The molecular weight excluding hydrogens is 378 g/mol. The molecular formula is C19H17F4N3O2. The maximum absolute atomic E-state index is 13.9. The molecule has 3 rings (SSSR count). The van der Waals surface area contributed by atoms with Crippen molar-refractivity contribution in [3.8, 4) is 5.75 Å². The van der Waals surface area contributed by atoms with Gasteiger partial charge in [-0.15, -0.1) is 0 Å². The lowest BCUT2D eigenvalue weighted by Crippen LogP contribution is -2.24. The fourth-order valence-electron chi connectivity index (χ4n) is 3.07. The number of amides is 1. The van der Waals surface area contributed by atoms with E-state index in [1.165, 1.54) is 7.11 Å². The van der Waals surface area contributed by atoms with E-state index in [4.69, 9.17) is 4.74 Å². The number of benzene rings is 2. The molecule has 28 heavy (non-hydrogen) atoms. The highest BCUT2D eigenvalue weighted by atomic mass is 19.3. The molecule has 1 aromatic heterocycles. The third kappa shape index (κ3) is 3.51. The summed E-state index contributed by atoms with van der Waals surface area (Å²) in [7, 11) is 3.24. The molecule has 0 radical (unpaired) electrons. The molecule has 0 aliphatic rings. The number of alkyl halides is 2. The van der Waals surface area contributed by atoms with E-state index in [1.807, 2.05) is 0 Å². The number of nitrogens with zero attached hydrogens (tertiary/aromatic N) is 2. The summed E-state index contributed by atoms with van der Waals surface area (Å²) in [5.41, 5.74) is 0.243. The lowest BCUT2D eigenvalue weighted by Gasteiger charge is -2.15. The Morgan fingerprint density at radius 1 is 1.25 bits per heavy atom. The van der Waals surface area contributed by atoms with Gasteiger partial charge >= 0.3 is 0 Å². The average molecular weight is 395 g/mol. The van der Waals surface area contributed by atoms with Gasteiger partial charge in [-0.2, -0.15) is 0 Å². The Morgan fingerprint density at radius 2 is 1.89 bits per heavy atom. The number of methoxy groups -OCH3 is 1. The molecule has 0 aliphatic heterocycles. The van der Waals surface area contributed by atoms with Gasteiger partial charge in [0, 0.05) is 31.6 Å². The van der Waals surface area contributed by atoms with E-state index in [0.29, 0.717) is 35.9 Å². The van der Waals surface area contributed by atoms with Gasteiger partial charge in [-0.1, -0.05) is 0 Å². The maximum atomic E-state index is 13.9. The minimum absolute atomic E-state index is 0.0200.